The average Bonchev–Trinajstić information content (AvgIpc) is 2.73. The van der Waals surface area contributed by atoms with Gasteiger partial charge in [-0.3, -0.25) is 14.5 Å². The summed E-state index contributed by atoms with van der Waals surface area (Å²) in [5.74, 6) is 0.522. The van der Waals surface area contributed by atoms with Crippen molar-refractivity contribution in [3.63, 3.8) is 0 Å². The molecule has 2 aliphatic heterocycles. The van der Waals surface area contributed by atoms with Crippen molar-refractivity contribution in [2.75, 3.05) is 45.9 Å². The molecule has 0 aromatic heterocycles. The second kappa shape index (κ2) is 10.0. The van der Waals surface area contributed by atoms with Gasteiger partial charge in [-0.2, -0.15) is 0 Å². The van der Waals surface area contributed by atoms with Crippen LogP contribution in [0.3, 0.4) is 0 Å². The molecule has 1 aromatic carbocycles. The molecule has 0 saturated carbocycles. The summed E-state index contributed by atoms with van der Waals surface area (Å²) >= 11 is 0. The summed E-state index contributed by atoms with van der Waals surface area (Å²) in [6, 6.07) is 10.3. The van der Waals surface area contributed by atoms with E-state index in [9.17, 15) is 9.59 Å². The summed E-state index contributed by atoms with van der Waals surface area (Å²) in [7, 11) is 0. The number of carbonyl (C=O) groups excluding carboxylic acids is 2. The van der Waals surface area contributed by atoms with E-state index < -0.39 is 0 Å². The molecule has 2 amide bonds. The molecule has 0 aliphatic carbocycles. The molecule has 6 heteroatoms. The van der Waals surface area contributed by atoms with Gasteiger partial charge in [-0.1, -0.05) is 30.3 Å². The molecule has 1 aromatic rings. The number of rotatable bonds is 6. The number of ether oxygens (including phenoxy) is 1. The highest BCUT2D eigenvalue weighted by Crippen LogP contribution is 2.21. The van der Waals surface area contributed by atoms with Crippen molar-refractivity contribution in [1.29, 1.82) is 0 Å². The molecule has 6 nitrogen and oxygen atoms in total. The molecule has 0 unspecified atom stereocenters. The highest BCUT2D eigenvalue weighted by atomic mass is 16.5. The van der Waals surface area contributed by atoms with Gasteiger partial charge in [0, 0.05) is 31.6 Å². The van der Waals surface area contributed by atoms with E-state index >= 15 is 0 Å². The van der Waals surface area contributed by atoms with Gasteiger partial charge in [-0.25, -0.2) is 0 Å². The number of hydrogen-bond acceptors (Lipinski definition) is 4. The Bertz CT molecular complexity index is 636. The van der Waals surface area contributed by atoms with Crippen LogP contribution in [0.2, 0.25) is 0 Å². The molecule has 154 valence electrons. The average molecular weight is 388 g/mol. The summed E-state index contributed by atoms with van der Waals surface area (Å²) in [4.78, 5) is 31.7. The minimum Gasteiger partial charge on any atom is -0.378 e. The Labute approximate surface area is 168 Å². The van der Waals surface area contributed by atoms with Crippen LogP contribution in [0.5, 0.6) is 0 Å². The SMILES string of the molecule is CC(C)N(Cc1ccccc1)C(=O)CN1CCC(C(=O)N2CCOCC2)CC1. The normalized spacial score (nSPS) is 19.0. The fourth-order valence-electron chi connectivity index (χ4n) is 4.00. The van der Waals surface area contributed by atoms with Gasteiger partial charge in [-0.15, -0.1) is 0 Å². The number of piperidine rings is 1. The summed E-state index contributed by atoms with van der Waals surface area (Å²) < 4.78 is 5.34. The van der Waals surface area contributed by atoms with Crippen LogP contribution in [-0.2, 0) is 20.9 Å². The molecule has 2 aliphatic rings. The van der Waals surface area contributed by atoms with Crippen LogP contribution in [0.4, 0.5) is 0 Å². The number of hydrogen-bond donors (Lipinski definition) is 0. The second-order valence-electron chi connectivity index (χ2n) is 8.09. The van der Waals surface area contributed by atoms with Crippen LogP contribution in [0.25, 0.3) is 0 Å². The van der Waals surface area contributed by atoms with Gasteiger partial charge >= 0.3 is 0 Å². The maximum absolute atomic E-state index is 12.9. The maximum Gasteiger partial charge on any atom is 0.237 e. The molecule has 2 heterocycles. The molecule has 0 N–H and O–H groups in total. The first-order chi connectivity index (χ1) is 13.5. The molecule has 3 rings (SSSR count). The second-order valence-corrected chi connectivity index (χ2v) is 8.09. The highest BCUT2D eigenvalue weighted by molar-refractivity contribution is 5.80. The van der Waals surface area contributed by atoms with Gasteiger partial charge in [0.15, 0.2) is 0 Å². The zero-order valence-corrected chi connectivity index (χ0v) is 17.2. The minimum atomic E-state index is 0.0926. The van der Waals surface area contributed by atoms with E-state index in [2.05, 4.69) is 30.9 Å². The van der Waals surface area contributed by atoms with E-state index in [4.69, 9.17) is 4.74 Å². The smallest absolute Gasteiger partial charge is 0.237 e. The zero-order chi connectivity index (χ0) is 19.9. The van der Waals surface area contributed by atoms with Crippen LogP contribution in [0, 0.1) is 5.92 Å². The Morgan fingerprint density at radius 2 is 1.71 bits per heavy atom. The van der Waals surface area contributed by atoms with E-state index in [0.717, 1.165) is 31.5 Å². The number of benzene rings is 1. The van der Waals surface area contributed by atoms with Crippen molar-refractivity contribution in [3.8, 4) is 0 Å². The van der Waals surface area contributed by atoms with Crippen molar-refractivity contribution in [2.24, 2.45) is 5.92 Å². The summed E-state index contributed by atoms with van der Waals surface area (Å²) in [6.07, 6.45) is 1.67. The topological polar surface area (TPSA) is 53.1 Å². The van der Waals surface area contributed by atoms with Crippen molar-refractivity contribution in [3.05, 3.63) is 35.9 Å². The monoisotopic (exact) mass is 387 g/mol. The standard InChI is InChI=1S/C22H33N3O3/c1-18(2)25(16-19-6-4-3-5-7-19)21(26)17-23-10-8-20(9-11-23)22(27)24-12-14-28-15-13-24/h3-7,18,20H,8-17H2,1-2H3. The van der Waals surface area contributed by atoms with Gasteiger partial charge in [0.25, 0.3) is 0 Å². The van der Waals surface area contributed by atoms with Crippen LogP contribution in [-0.4, -0.2) is 78.5 Å². The lowest BCUT2D eigenvalue weighted by molar-refractivity contribution is -0.141. The molecule has 0 radical (unpaired) electrons. The predicted molar refractivity (Wildman–Crippen MR) is 109 cm³/mol. The fourth-order valence-corrected chi connectivity index (χ4v) is 4.00. The summed E-state index contributed by atoms with van der Waals surface area (Å²) in [6.45, 7) is 9.53. The lowest BCUT2D eigenvalue weighted by Crippen LogP contribution is -2.49. The first-order valence-corrected chi connectivity index (χ1v) is 10.5. The van der Waals surface area contributed by atoms with E-state index in [1.54, 1.807) is 0 Å². The summed E-state index contributed by atoms with van der Waals surface area (Å²) in [5, 5.41) is 0. The number of amides is 2. The Kier molecular flexibility index (Phi) is 7.45. The third kappa shape index (κ3) is 5.55. The van der Waals surface area contributed by atoms with E-state index in [1.807, 2.05) is 28.0 Å². The zero-order valence-electron chi connectivity index (χ0n) is 17.2. The van der Waals surface area contributed by atoms with Crippen LogP contribution in [0.1, 0.15) is 32.3 Å². The Morgan fingerprint density at radius 3 is 2.32 bits per heavy atom. The van der Waals surface area contributed by atoms with E-state index in [1.165, 1.54) is 0 Å². The van der Waals surface area contributed by atoms with Crippen molar-refractivity contribution in [2.45, 2.75) is 39.3 Å². The first kappa shape index (κ1) is 20.8. The highest BCUT2D eigenvalue weighted by Gasteiger charge is 2.30. The van der Waals surface area contributed by atoms with E-state index in [0.29, 0.717) is 39.4 Å². The quantitative estimate of drug-likeness (QED) is 0.749. The Morgan fingerprint density at radius 1 is 1.07 bits per heavy atom. The number of carbonyl (C=O) groups is 2. The number of morpholine rings is 1. The Hall–Kier alpha value is -1.92. The Balaban J connectivity index is 1.48. The fraction of sp³-hybridized carbons (Fsp3) is 0.636. The lowest BCUT2D eigenvalue weighted by atomic mass is 9.95. The molecule has 28 heavy (non-hydrogen) atoms. The van der Waals surface area contributed by atoms with Gasteiger partial charge in [0.1, 0.15) is 0 Å². The first-order valence-electron chi connectivity index (χ1n) is 10.5. The molecule has 2 fully saturated rings. The third-order valence-electron chi connectivity index (χ3n) is 5.76. The van der Waals surface area contributed by atoms with Crippen molar-refractivity contribution in [1.82, 2.24) is 14.7 Å². The van der Waals surface area contributed by atoms with Crippen molar-refractivity contribution < 1.29 is 14.3 Å². The molecule has 0 atom stereocenters. The number of nitrogens with zero attached hydrogens (tertiary/aromatic N) is 3. The third-order valence-corrected chi connectivity index (χ3v) is 5.76. The van der Waals surface area contributed by atoms with E-state index in [-0.39, 0.29) is 23.8 Å². The molecular weight excluding hydrogens is 354 g/mol. The van der Waals surface area contributed by atoms with Crippen molar-refractivity contribution >= 4 is 11.8 Å². The largest absolute Gasteiger partial charge is 0.378 e. The molecule has 2 saturated heterocycles. The lowest BCUT2D eigenvalue weighted by Gasteiger charge is -2.36. The number of likely N-dealkylation sites (tertiary alicyclic amines) is 1. The van der Waals surface area contributed by atoms with Crippen LogP contribution < -0.4 is 0 Å². The maximum atomic E-state index is 12.9. The minimum absolute atomic E-state index is 0.0926. The molecule has 0 spiro atoms. The summed E-state index contributed by atoms with van der Waals surface area (Å²) in [5.41, 5.74) is 1.15. The van der Waals surface area contributed by atoms with Gasteiger partial charge in [-0.05, 0) is 45.3 Å². The van der Waals surface area contributed by atoms with Crippen LogP contribution in [0.15, 0.2) is 30.3 Å². The van der Waals surface area contributed by atoms with Gasteiger partial charge < -0.3 is 14.5 Å². The molecule has 0 bridgehead atoms. The van der Waals surface area contributed by atoms with Gasteiger partial charge in [0.05, 0.1) is 19.8 Å². The van der Waals surface area contributed by atoms with Crippen LogP contribution >= 0.6 is 0 Å². The molecular formula is C22H33N3O3. The predicted octanol–water partition coefficient (Wildman–Crippen LogP) is 1.99. The van der Waals surface area contributed by atoms with Gasteiger partial charge in [0.2, 0.25) is 11.8 Å².